The van der Waals surface area contributed by atoms with E-state index in [1.807, 2.05) is 24.3 Å². The maximum atomic E-state index is 13.0. The van der Waals surface area contributed by atoms with E-state index in [-0.39, 0.29) is 24.3 Å². The van der Waals surface area contributed by atoms with E-state index in [4.69, 9.17) is 27.9 Å². The molecule has 3 atom stereocenters. The molecule has 5 rings (SSSR count). The number of benzene rings is 2. The lowest BCUT2D eigenvalue weighted by atomic mass is 9.55. The Kier molecular flexibility index (Phi) is 7.56. The van der Waals surface area contributed by atoms with E-state index < -0.39 is 11.0 Å². The van der Waals surface area contributed by atoms with Gasteiger partial charge in [-0.3, -0.25) is 9.59 Å². The molecule has 1 aliphatic heterocycles. The summed E-state index contributed by atoms with van der Waals surface area (Å²) in [7, 11) is 0. The van der Waals surface area contributed by atoms with E-state index in [2.05, 4.69) is 10.2 Å². The first-order valence-electron chi connectivity index (χ1n) is 13.1. The van der Waals surface area contributed by atoms with Crippen LogP contribution in [0.3, 0.4) is 0 Å². The third kappa shape index (κ3) is 5.83. The number of hydrogen-bond acceptors (Lipinski definition) is 5. The third-order valence-electron chi connectivity index (χ3n) is 8.31. The molecule has 2 saturated carbocycles. The third-order valence-corrected chi connectivity index (χ3v) is 9.05. The van der Waals surface area contributed by atoms with Crippen LogP contribution in [0.5, 0.6) is 5.75 Å². The Morgan fingerprint density at radius 1 is 1.11 bits per heavy atom. The van der Waals surface area contributed by atoms with Crippen molar-refractivity contribution in [3.63, 3.8) is 0 Å². The van der Waals surface area contributed by atoms with Crippen LogP contribution in [-0.4, -0.2) is 53.2 Å². The molecule has 0 radical (unpaired) electrons. The maximum Gasteiger partial charge on any atom is 0.308 e. The van der Waals surface area contributed by atoms with Crippen LogP contribution < -0.4 is 10.1 Å². The molecule has 8 heteroatoms. The number of nitrogens with one attached hydrogen (secondary N) is 1. The molecule has 2 N–H and O–H groups in total. The molecule has 2 aliphatic carbocycles. The Balaban J connectivity index is 1.38. The summed E-state index contributed by atoms with van der Waals surface area (Å²) in [6.45, 7) is 3.93. The zero-order valence-electron chi connectivity index (χ0n) is 21.1. The molecule has 0 spiro atoms. The van der Waals surface area contributed by atoms with Gasteiger partial charge in [0, 0.05) is 31.5 Å². The van der Waals surface area contributed by atoms with Crippen molar-refractivity contribution in [1.82, 2.24) is 10.2 Å². The number of β-amino-alcohol motifs (C(OH)–C–C–N with tert-alkyl or cyclic N) is 1. The maximum absolute atomic E-state index is 13.0. The highest BCUT2D eigenvalue weighted by Gasteiger charge is 2.58. The summed E-state index contributed by atoms with van der Waals surface area (Å²) in [5, 5.41) is 16.3. The van der Waals surface area contributed by atoms with Gasteiger partial charge in [0.05, 0.1) is 22.1 Å². The molecule has 37 heavy (non-hydrogen) atoms. The zero-order valence-corrected chi connectivity index (χ0v) is 22.7. The van der Waals surface area contributed by atoms with Crippen LogP contribution in [0.4, 0.5) is 0 Å². The van der Waals surface area contributed by atoms with Gasteiger partial charge in [-0.2, -0.15) is 0 Å². The Hall–Kier alpha value is -2.12. The lowest BCUT2D eigenvalue weighted by Crippen LogP contribution is -2.67. The SMILES string of the molecule is CC(=O)Oc1cccc(C23CCN(CC4CC4)CC2(O)CC[C@H](NC(=O)Cc2ccc(Cl)c(Cl)c2)C3)c1. The summed E-state index contributed by atoms with van der Waals surface area (Å²) in [4.78, 5) is 27.0. The topological polar surface area (TPSA) is 78.9 Å². The number of esters is 1. The lowest BCUT2D eigenvalue weighted by Gasteiger charge is -2.58. The summed E-state index contributed by atoms with van der Waals surface area (Å²) in [6, 6.07) is 12.7. The molecule has 6 nitrogen and oxygen atoms in total. The minimum Gasteiger partial charge on any atom is -0.427 e. The number of amides is 1. The Morgan fingerprint density at radius 3 is 2.65 bits per heavy atom. The molecule has 2 aromatic carbocycles. The monoisotopic (exact) mass is 544 g/mol. The minimum atomic E-state index is -0.931. The average Bonchev–Trinajstić information content (AvgIpc) is 3.65. The van der Waals surface area contributed by atoms with Gasteiger partial charge in [-0.15, -0.1) is 0 Å². The number of aliphatic hydroxyl groups is 1. The quantitative estimate of drug-likeness (QED) is 0.382. The Labute approximate surface area is 228 Å². The molecule has 0 aromatic heterocycles. The number of likely N-dealkylation sites (tertiary alicyclic amines) is 1. The lowest BCUT2D eigenvalue weighted by molar-refractivity contribution is -0.134. The predicted molar refractivity (Wildman–Crippen MR) is 144 cm³/mol. The van der Waals surface area contributed by atoms with E-state index in [0.29, 0.717) is 41.6 Å². The molecule has 3 aliphatic rings. The Bertz CT molecular complexity index is 1190. The first kappa shape index (κ1) is 26.5. The first-order chi connectivity index (χ1) is 17.7. The standard InChI is InChI=1S/C29H34Cl2N2O4/c1-19(34)37-24-4-2-3-22(15-24)28-11-12-33(17-20-5-6-20)18-29(28,36)10-9-23(16-28)32-27(35)14-21-7-8-25(30)26(31)13-21/h2-4,7-8,13,15,20,23,36H,5-6,9-12,14,16-18H2,1H3,(H,32,35)/t23-,28?,29?/m0/s1. The molecule has 2 aromatic rings. The van der Waals surface area contributed by atoms with Crippen LogP contribution >= 0.6 is 23.2 Å². The second-order valence-corrected chi connectivity index (χ2v) is 11.9. The van der Waals surface area contributed by atoms with Crippen LogP contribution in [-0.2, 0) is 21.4 Å². The van der Waals surface area contributed by atoms with Crippen molar-refractivity contribution < 1.29 is 19.4 Å². The van der Waals surface area contributed by atoms with Gasteiger partial charge in [-0.25, -0.2) is 0 Å². The molecule has 1 amide bonds. The van der Waals surface area contributed by atoms with Crippen LogP contribution in [0.15, 0.2) is 42.5 Å². The second-order valence-electron chi connectivity index (χ2n) is 11.1. The van der Waals surface area contributed by atoms with E-state index in [1.165, 1.54) is 19.8 Å². The summed E-state index contributed by atoms with van der Waals surface area (Å²) >= 11 is 12.1. The molecule has 198 valence electrons. The number of nitrogens with zero attached hydrogens (tertiary/aromatic N) is 1. The molecule has 3 fully saturated rings. The highest BCUT2D eigenvalue weighted by molar-refractivity contribution is 6.42. The zero-order chi connectivity index (χ0) is 26.2. The van der Waals surface area contributed by atoms with Crippen LogP contribution in [0.1, 0.15) is 56.6 Å². The van der Waals surface area contributed by atoms with Crippen molar-refractivity contribution in [2.24, 2.45) is 5.92 Å². The Morgan fingerprint density at radius 2 is 1.92 bits per heavy atom. The highest BCUT2D eigenvalue weighted by Crippen LogP contribution is 2.52. The number of carbonyl (C=O) groups is 2. The van der Waals surface area contributed by atoms with Gasteiger partial charge in [0.1, 0.15) is 5.75 Å². The van der Waals surface area contributed by atoms with Crippen LogP contribution in [0.2, 0.25) is 10.0 Å². The fourth-order valence-corrected chi connectivity index (χ4v) is 6.66. The number of halogens is 2. The molecular formula is C29H34Cl2N2O4. The molecule has 0 bridgehead atoms. The molecule has 2 unspecified atom stereocenters. The largest absolute Gasteiger partial charge is 0.427 e. The number of piperidine rings is 1. The van der Waals surface area contributed by atoms with Gasteiger partial charge < -0.3 is 20.1 Å². The van der Waals surface area contributed by atoms with Gasteiger partial charge in [0.2, 0.25) is 5.91 Å². The van der Waals surface area contributed by atoms with Gasteiger partial charge >= 0.3 is 5.97 Å². The number of hydrogen-bond donors (Lipinski definition) is 2. The average molecular weight is 546 g/mol. The summed E-state index contributed by atoms with van der Waals surface area (Å²) in [5.74, 6) is 0.775. The fraction of sp³-hybridized carbons (Fsp3) is 0.517. The highest BCUT2D eigenvalue weighted by atomic mass is 35.5. The minimum absolute atomic E-state index is 0.0798. The number of fused-ring (bicyclic) bond motifs is 1. The number of carbonyl (C=O) groups excluding carboxylic acids is 2. The van der Waals surface area contributed by atoms with E-state index in [1.54, 1.807) is 18.2 Å². The first-order valence-corrected chi connectivity index (χ1v) is 13.9. The smallest absolute Gasteiger partial charge is 0.308 e. The van der Waals surface area contributed by atoms with E-state index >= 15 is 0 Å². The van der Waals surface area contributed by atoms with Crippen molar-refractivity contribution in [1.29, 1.82) is 0 Å². The van der Waals surface area contributed by atoms with E-state index in [9.17, 15) is 14.7 Å². The van der Waals surface area contributed by atoms with Gasteiger partial charge in [-0.05, 0) is 86.4 Å². The fourth-order valence-electron chi connectivity index (χ4n) is 6.34. The normalized spacial score (nSPS) is 27.8. The molecule has 1 saturated heterocycles. The van der Waals surface area contributed by atoms with Crippen LogP contribution in [0, 0.1) is 5.92 Å². The van der Waals surface area contributed by atoms with Gasteiger partial charge in [-0.1, -0.05) is 41.4 Å². The molecule has 1 heterocycles. The predicted octanol–water partition coefficient (Wildman–Crippen LogP) is 4.91. The summed E-state index contributed by atoms with van der Waals surface area (Å²) in [6.07, 6.45) is 5.45. The second kappa shape index (κ2) is 10.6. The van der Waals surface area contributed by atoms with Crippen molar-refractivity contribution in [3.05, 3.63) is 63.6 Å². The van der Waals surface area contributed by atoms with Gasteiger partial charge in [0.25, 0.3) is 0 Å². The van der Waals surface area contributed by atoms with Crippen molar-refractivity contribution in [3.8, 4) is 5.75 Å². The van der Waals surface area contributed by atoms with Gasteiger partial charge in [0.15, 0.2) is 0 Å². The number of ether oxygens (including phenoxy) is 1. The number of rotatable bonds is 7. The molecular weight excluding hydrogens is 511 g/mol. The summed E-state index contributed by atoms with van der Waals surface area (Å²) < 4.78 is 5.39. The van der Waals surface area contributed by atoms with Crippen molar-refractivity contribution >= 4 is 35.1 Å². The van der Waals surface area contributed by atoms with Crippen molar-refractivity contribution in [2.45, 2.75) is 68.9 Å². The van der Waals surface area contributed by atoms with E-state index in [0.717, 1.165) is 36.6 Å². The van der Waals surface area contributed by atoms with Crippen molar-refractivity contribution in [2.75, 3.05) is 19.6 Å². The van der Waals surface area contributed by atoms with Crippen LogP contribution in [0.25, 0.3) is 0 Å². The summed E-state index contributed by atoms with van der Waals surface area (Å²) in [5.41, 5.74) is 0.280.